The maximum absolute atomic E-state index is 11.5. The van der Waals surface area contributed by atoms with Crippen LogP contribution in [0.25, 0.3) is 10.8 Å². The van der Waals surface area contributed by atoms with E-state index in [9.17, 15) is 4.79 Å². The second kappa shape index (κ2) is 6.93. The molecule has 0 saturated heterocycles. The molecule has 2 nitrogen and oxygen atoms in total. The Labute approximate surface area is 115 Å². The van der Waals surface area contributed by atoms with Crippen LogP contribution in [0.15, 0.2) is 36.4 Å². The molecule has 2 heteroatoms. The van der Waals surface area contributed by atoms with Crippen molar-refractivity contribution in [1.29, 1.82) is 0 Å². The van der Waals surface area contributed by atoms with Crippen molar-refractivity contribution in [2.75, 3.05) is 7.11 Å². The predicted molar refractivity (Wildman–Crippen MR) is 80.5 cm³/mol. The van der Waals surface area contributed by atoms with Crippen LogP contribution in [0.2, 0.25) is 0 Å². The minimum atomic E-state index is -0.217. The van der Waals surface area contributed by atoms with Gasteiger partial charge in [0.2, 0.25) is 0 Å². The fourth-order valence-corrected chi connectivity index (χ4v) is 1.97. The number of aryl methyl sites for hydroxylation is 1. The first-order chi connectivity index (χ1) is 9.11. The van der Waals surface area contributed by atoms with E-state index < -0.39 is 0 Å². The highest BCUT2D eigenvalue weighted by atomic mass is 16.5. The molecule has 0 heterocycles. The van der Waals surface area contributed by atoms with Gasteiger partial charge in [-0.25, -0.2) is 0 Å². The topological polar surface area (TPSA) is 26.3 Å². The van der Waals surface area contributed by atoms with Crippen LogP contribution < -0.4 is 0 Å². The molecule has 0 aromatic heterocycles. The lowest BCUT2D eigenvalue weighted by Gasteiger charge is -2.10. The number of ether oxygens (including phenoxy) is 1. The molecule has 1 unspecified atom stereocenters. The fraction of sp³-hybridized carbons (Fsp3) is 0.353. The molecule has 0 spiro atoms. The lowest BCUT2D eigenvalue weighted by atomic mass is 9.97. The highest BCUT2D eigenvalue weighted by Crippen LogP contribution is 2.23. The van der Waals surface area contributed by atoms with Gasteiger partial charge in [-0.2, -0.15) is 0 Å². The molecule has 0 radical (unpaired) electrons. The van der Waals surface area contributed by atoms with Gasteiger partial charge in [0.25, 0.3) is 0 Å². The summed E-state index contributed by atoms with van der Waals surface area (Å²) in [6.07, 6.45) is 0. The first-order valence-corrected chi connectivity index (χ1v) is 6.70. The fourth-order valence-electron chi connectivity index (χ4n) is 1.97. The van der Waals surface area contributed by atoms with Gasteiger partial charge in [0.15, 0.2) is 0 Å². The smallest absolute Gasteiger partial charge is 0.312 e. The highest BCUT2D eigenvalue weighted by molar-refractivity contribution is 5.86. The number of fused-ring (bicyclic) bond motifs is 1. The average Bonchev–Trinajstić information content (AvgIpc) is 2.47. The normalized spacial score (nSPS) is 11.4. The largest absolute Gasteiger partial charge is 0.469 e. The van der Waals surface area contributed by atoms with Gasteiger partial charge in [-0.05, 0) is 30.2 Å². The Morgan fingerprint density at radius 2 is 1.63 bits per heavy atom. The Balaban J connectivity index is 0.000000861. The van der Waals surface area contributed by atoms with Gasteiger partial charge in [0, 0.05) is 0 Å². The third-order valence-electron chi connectivity index (χ3n) is 3.07. The van der Waals surface area contributed by atoms with Crippen LogP contribution in [-0.4, -0.2) is 13.1 Å². The zero-order chi connectivity index (χ0) is 14.4. The van der Waals surface area contributed by atoms with Crippen molar-refractivity contribution in [2.45, 2.75) is 33.6 Å². The molecule has 0 saturated carbocycles. The Morgan fingerprint density at radius 3 is 2.26 bits per heavy atom. The number of benzene rings is 2. The lowest BCUT2D eigenvalue weighted by molar-refractivity contribution is -0.141. The van der Waals surface area contributed by atoms with Crippen molar-refractivity contribution in [3.63, 3.8) is 0 Å². The van der Waals surface area contributed by atoms with Crippen LogP contribution in [0, 0.1) is 6.92 Å². The monoisotopic (exact) mass is 258 g/mol. The number of methoxy groups -OCH3 is 1. The van der Waals surface area contributed by atoms with Crippen molar-refractivity contribution in [3.05, 3.63) is 47.5 Å². The SMILES string of the molecule is CC.COC(=O)C(C)c1ccc2cc(C)ccc2c1. The number of hydrogen-bond donors (Lipinski definition) is 0. The molecule has 1 atom stereocenters. The Hall–Kier alpha value is -1.83. The molecule has 0 fully saturated rings. The standard InChI is InChI=1S/C15H16O2.C2H6/c1-10-4-5-14-9-12(6-7-13(14)8-10)11(2)15(16)17-3;1-2/h4-9,11H,1-3H3;1-2H3. The van der Waals surface area contributed by atoms with Crippen molar-refractivity contribution >= 4 is 16.7 Å². The van der Waals surface area contributed by atoms with Crippen LogP contribution in [0.3, 0.4) is 0 Å². The first-order valence-electron chi connectivity index (χ1n) is 6.70. The van der Waals surface area contributed by atoms with Gasteiger partial charge < -0.3 is 4.74 Å². The van der Waals surface area contributed by atoms with E-state index >= 15 is 0 Å². The van der Waals surface area contributed by atoms with Gasteiger partial charge >= 0.3 is 5.97 Å². The molecule has 19 heavy (non-hydrogen) atoms. The Morgan fingerprint density at radius 1 is 1.05 bits per heavy atom. The van der Waals surface area contributed by atoms with E-state index in [1.54, 1.807) is 0 Å². The molecular weight excluding hydrogens is 236 g/mol. The summed E-state index contributed by atoms with van der Waals surface area (Å²) in [4.78, 5) is 11.5. The van der Waals surface area contributed by atoms with Gasteiger partial charge in [-0.3, -0.25) is 4.79 Å². The van der Waals surface area contributed by atoms with Crippen LogP contribution in [0.1, 0.15) is 37.8 Å². The summed E-state index contributed by atoms with van der Waals surface area (Å²) in [5, 5.41) is 2.36. The molecule has 0 aliphatic carbocycles. The van der Waals surface area contributed by atoms with E-state index in [0.717, 1.165) is 10.9 Å². The van der Waals surface area contributed by atoms with Crippen molar-refractivity contribution in [1.82, 2.24) is 0 Å². The summed E-state index contributed by atoms with van der Waals surface area (Å²) in [6.45, 7) is 7.94. The quantitative estimate of drug-likeness (QED) is 0.744. The van der Waals surface area contributed by atoms with Gasteiger partial charge in [-0.15, -0.1) is 0 Å². The van der Waals surface area contributed by atoms with E-state index in [2.05, 4.69) is 37.3 Å². The molecule has 0 aliphatic rings. The van der Waals surface area contributed by atoms with E-state index in [1.807, 2.05) is 26.8 Å². The molecular formula is C17H22O2. The van der Waals surface area contributed by atoms with Gasteiger partial charge in [0.05, 0.1) is 13.0 Å². The van der Waals surface area contributed by atoms with E-state index in [4.69, 9.17) is 4.74 Å². The zero-order valence-electron chi connectivity index (χ0n) is 12.4. The number of rotatable bonds is 2. The van der Waals surface area contributed by atoms with Crippen LogP contribution in [-0.2, 0) is 9.53 Å². The summed E-state index contributed by atoms with van der Waals surface area (Å²) < 4.78 is 4.76. The number of carbonyl (C=O) groups is 1. The molecule has 0 aliphatic heterocycles. The summed E-state index contributed by atoms with van der Waals surface area (Å²) >= 11 is 0. The van der Waals surface area contributed by atoms with E-state index in [1.165, 1.54) is 18.1 Å². The Bertz CT molecular complexity index is 558. The maximum atomic E-state index is 11.5. The van der Waals surface area contributed by atoms with Crippen molar-refractivity contribution in [3.8, 4) is 0 Å². The second-order valence-electron chi connectivity index (χ2n) is 4.35. The molecule has 0 N–H and O–H groups in total. The first kappa shape index (κ1) is 15.2. The molecule has 0 bridgehead atoms. The van der Waals surface area contributed by atoms with Crippen LogP contribution in [0.4, 0.5) is 0 Å². The third-order valence-corrected chi connectivity index (χ3v) is 3.07. The molecule has 2 aromatic carbocycles. The average molecular weight is 258 g/mol. The Kier molecular flexibility index (Phi) is 5.56. The van der Waals surface area contributed by atoms with E-state index in [0.29, 0.717) is 0 Å². The van der Waals surface area contributed by atoms with Crippen LogP contribution in [0.5, 0.6) is 0 Å². The lowest BCUT2D eigenvalue weighted by Crippen LogP contribution is -2.10. The number of esters is 1. The number of hydrogen-bond acceptors (Lipinski definition) is 2. The molecule has 2 rings (SSSR count). The van der Waals surface area contributed by atoms with Gasteiger partial charge in [-0.1, -0.05) is 55.8 Å². The maximum Gasteiger partial charge on any atom is 0.312 e. The molecule has 2 aromatic rings. The summed E-state index contributed by atoms with van der Waals surface area (Å²) in [6, 6.07) is 12.4. The minimum Gasteiger partial charge on any atom is -0.469 e. The van der Waals surface area contributed by atoms with Gasteiger partial charge in [0.1, 0.15) is 0 Å². The zero-order valence-corrected chi connectivity index (χ0v) is 12.4. The predicted octanol–water partition coefficient (Wildman–Crippen LogP) is 4.45. The number of carbonyl (C=O) groups excluding carboxylic acids is 1. The molecule has 0 amide bonds. The summed E-state index contributed by atoms with van der Waals surface area (Å²) in [7, 11) is 1.42. The van der Waals surface area contributed by atoms with Crippen molar-refractivity contribution in [2.24, 2.45) is 0 Å². The molecule has 102 valence electrons. The summed E-state index contributed by atoms with van der Waals surface area (Å²) in [5.74, 6) is -0.415. The van der Waals surface area contributed by atoms with Crippen molar-refractivity contribution < 1.29 is 9.53 Å². The highest BCUT2D eigenvalue weighted by Gasteiger charge is 2.15. The third kappa shape index (κ3) is 3.57. The second-order valence-corrected chi connectivity index (χ2v) is 4.35. The summed E-state index contributed by atoms with van der Waals surface area (Å²) in [5.41, 5.74) is 2.24. The van der Waals surface area contributed by atoms with E-state index in [-0.39, 0.29) is 11.9 Å². The van der Waals surface area contributed by atoms with Crippen LogP contribution >= 0.6 is 0 Å². The minimum absolute atomic E-state index is 0.198.